The van der Waals surface area contributed by atoms with E-state index in [2.05, 4.69) is 21.2 Å². The number of anilines is 3. The summed E-state index contributed by atoms with van der Waals surface area (Å²) < 4.78 is 0.781. The Morgan fingerprint density at radius 2 is 1.95 bits per heavy atom. The molecule has 2 aromatic carbocycles. The Kier molecular flexibility index (Phi) is 4.29. The number of nitrogens with two attached hydrogens (primary N) is 1. The molecule has 0 saturated carbocycles. The molecule has 0 heterocycles. The third kappa shape index (κ3) is 3.30. The Labute approximate surface area is 126 Å². The molecule has 0 bridgehead atoms. The van der Waals surface area contributed by atoms with Gasteiger partial charge >= 0.3 is 0 Å². The van der Waals surface area contributed by atoms with Gasteiger partial charge in [0.05, 0.1) is 0 Å². The van der Waals surface area contributed by atoms with Crippen LogP contribution < -0.4 is 16.0 Å². The zero-order valence-electron chi connectivity index (χ0n) is 11.4. The molecule has 1 amide bonds. The maximum Gasteiger partial charge on any atom is 0.255 e. The van der Waals surface area contributed by atoms with Gasteiger partial charge in [0.25, 0.3) is 5.91 Å². The monoisotopic (exact) mass is 333 g/mol. The zero-order chi connectivity index (χ0) is 14.7. The van der Waals surface area contributed by atoms with Crippen LogP contribution in [0.25, 0.3) is 0 Å². The van der Waals surface area contributed by atoms with Crippen LogP contribution in [-0.2, 0) is 0 Å². The molecule has 0 atom stereocenters. The molecule has 0 spiro atoms. The topological polar surface area (TPSA) is 58.4 Å². The third-order valence-corrected chi connectivity index (χ3v) is 3.60. The zero-order valence-corrected chi connectivity index (χ0v) is 12.9. The van der Waals surface area contributed by atoms with Gasteiger partial charge < -0.3 is 16.0 Å². The van der Waals surface area contributed by atoms with Crippen molar-refractivity contribution in [3.63, 3.8) is 0 Å². The molecule has 0 aliphatic rings. The highest BCUT2D eigenvalue weighted by atomic mass is 79.9. The summed E-state index contributed by atoms with van der Waals surface area (Å²) in [5.74, 6) is -0.180. The molecule has 0 aromatic heterocycles. The first-order chi connectivity index (χ1) is 9.47. The number of halogens is 1. The van der Waals surface area contributed by atoms with Crippen molar-refractivity contribution in [2.24, 2.45) is 0 Å². The number of rotatable bonds is 3. The van der Waals surface area contributed by atoms with E-state index in [9.17, 15) is 4.79 Å². The largest absolute Gasteiger partial charge is 0.398 e. The molecule has 0 aliphatic heterocycles. The van der Waals surface area contributed by atoms with Crippen LogP contribution in [0.3, 0.4) is 0 Å². The van der Waals surface area contributed by atoms with Crippen molar-refractivity contribution in [1.29, 1.82) is 0 Å². The van der Waals surface area contributed by atoms with E-state index in [1.165, 1.54) is 0 Å². The lowest BCUT2D eigenvalue weighted by atomic mass is 10.2. The number of nitrogen functional groups attached to an aromatic ring is 1. The lowest BCUT2D eigenvalue weighted by molar-refractivity contribution is 0.102. The summed E-state index contributed by atoms with van der Waals surface area (Å²) in [7, 11) is 3.91. The molecule has 0 radical (unpaired) electrons. The molecule has 5 heteroatoms. The van der Waals surface area contributed by atoms with Gasteiger partial charge in [-0.3, -0.25) is 4.79 Å². The van der Waals surface area contributed by atoms with Crippen LogP contribution in [0, 0.1) is 0 Å². The number of hydrogen-bond donors (Lipinski definition) is 2. The predicted octanol–water partition coefficient (Wildman–Crippen LogP) is 3.35. The summed E-state index contributed by atoms with van der Waals surface area (Å²) in [5.41, 5.74) is 8.63. The van der Waals surface area contributed by atoms with E-state index in [0.29, 0.717) is 11.3 Å². The van der Waals surface area contributed by atoms with Crippen LogP contribution in [0.4, 0.5) is 17.1 Å². The normalized spacial score (nSPS) is 10.2. The van der Waals surface area contributed by atoms with Crippen LogP contribution in [0.15, 0.2) is 46.9 Å². The quantitative estimate of drug-likeness (QED) is 0.847. The first-order valence-electron chi connectivity index (χ1n) is 6.11. The fraction of sp³-hybridized carbons (Fsp3) is 0.133. The molecule has 2 rings (SSSR count). The number of carbonyl (C=O) groups excluding carboxylic acids is 1. The fourth-order valence-corrected chi connectivity index (χ4v) is 2.00. The molecule has 4 nitrogen and oxygen atoms in total. The van der Waals surface area contributed by atoms with E-state index in [0.717, 1.165) is 15.8 Å². The highest BCUT2D eigenvalue weighted by Crippen LogP contribution is 2.22. The average Bonchev–Trinajstić information content (AvgIpc) is 2.42. The van der Waals surface area contributed by atoms with E-state index in [1.807, 2.05) is 43.3 Å². The van der Waals surface area contributed by atoms with Crippen LogP contribution >= 0.6 is 15.9 Å². The van der Waals surface area contributed by atoms with Crippen molar-refractivity contribution in [1.82, 2.24) is 0 Å². The fourth-order valence-electron chi connectivity index (χ4n) is 1.75. The predicted molar refractivity (Wildman–Crippen MR) is 87.3 cm³/mol. The minimum Gasteiger partial charge on any atom is -0.398 e. The number of amides is 1. The Morgan fingerprint density at radius 3 is 2.60 bits per heavy atom. The minimum absolute atomic E-state index is 0.180. The first kappa shape index (κ1) is 14.4. The lowest BCUT2D eigenvalue weighted by Gasteiger charge is -2.14. The molecule has 0 aliphatic carbocycles. The Bertz CT molecular complexity index is 641. The second kappa shape index (κ2) is 5.96. The third-order valence-electron chi connectivity index (χ3n) is 2.88. The van der Waals surface area contributed by atoms with Crippen LogP contribution in [-0.4, -0.2) is 20.0 Å². The standard InChI is InChI=1S/C15H16BrN3O/c1-19(2)12-5-3-4-11(9-12)18-15(20)10-6-7-13(16)14(17)8-10/h3-9H,17H2,1-2H3,(H,18,20). The van der Waals surface area contributed by atoms with Gasteiger partial charge in [0.2, 0.25) is 0 Å². The van der Waals surface area contributed by atoms with Gasteiger partial charge in [0.1, 0.15) is 0 Å². The summed E-state index contributed by atoms with van der Waals surface area (Å²) in [6, 6.07) is 12.8. The summed E-state index contributed by atoms with van der Waals surface area (Å²) in [6.07, 6.45) is 0. The van der Waals surface area contributed by atoms with E-state index in [-0.39, 0.29) is 5.91 Å². The maximum absolute atomic E-state index is 12.2. The van der Waals surface area contributed by atoms with Gasteiger partial charge in [-0.15, -0.1) is 0 Å². The molecule has 0 fully saturated rings. The van der Waals surface area contributed by atoms with Crippen molar-refractivity contribution in [3.05, 3.63) is 52.5 Å². The van der Waals surface area contributed by atoms with E-state index >= 15 is 0 Å². The van der Waals surface area contributed by atoms with Crippen LogP contribution in [0.5, 0.6) is 0 Å². The van der Waals surface area contributed by atoms with Crippen LogP contribution in [0.1, 0.15) is 10.4 Å². The van der Waals surface area contributed by atoms with Crippen LogP contribution in [0.2, 0.25) is 0 Å². The van der Waals surface area contributed by atoms with E-state index in [4.69, 9.17) is 5.73 Å². The smallest absolute Gasteiger partial charge is 0.255 e. The summed E-state index contributed by atoms with van der Waals surface area (Å²) in [4.78, 5) is 14.1. The summed E-state index contributed by atoms with van der Waals surface area (Å²) >= 11 is 3.31. The highest BCUT2D eigenvalue weighted by molar-refractivity contribution is 9.10. The van der Waals surface area contributed by atoms with Gasteiger partial charge in [0, 0.05) is 41.2 Å². The number of nitrogens with one attached hydrogen (secondary N) is 1. The Morgan fingerprint density at radius 1 is 1.20 bits per heavy atom. The van der Waals surface area contributed by atoms with E-state index in [1.54, 1.807) is 18.2 Å². The Hall–Kier alpha value is -2.01. The summed E-state index contributed by atoms with van der Waals surface area (Å²) in [5, 5.41) is 2.86. The second-order valence-electron chi connectivity index (χ2n) is 4.64. The van der Waals surface area contributed by atoms with Gasteiger partial charge in [-0.05, 0) is 52.3 Å². The van der Waals surface area contributed by atoms with E-state index < -0.39 is 0 Å². The van der Waals surface area contributed by atoms with Gasteiger partial charge in [-0.1, -0.05) is 6.07 Å². The minimum atomic E-state index is -0.180. The highest BCUT2D eigenvalue weighted by Gasteiger charge is 2.08. The molecule has 0 unspecified atom stereocenters. The average molecular weight is 334 g/mol. The first-order valence-corrected chi connectivity index (χ1v) is 6.90. The van der Waals surface area contributed by atoms with Gasteiger partial charge in [0.15, 0.2) is 0 Å². The second-order valence-corrected chi connectivity index (χ2v) is 5.49. The van der Waals surface area contributed by atoms with Gasteiger partial charge in [-0.25, -0.2) is 0 Å². The van der Waals surface area contributed by atoms with Crippen molar-refractivity contribution in [2.45, 2.75) is 0 Å². The molecular weight excluding hydrogens is 318 g/mol. The molecule has 2 aromatic rings. The van der Waals surface area contributed by atoms with Crippen molar-refractivity contribution in [3.8, 4) is 0 Å². The maximum atomic E-state index is 12.2. The number of carbonyl (C=O) groups is 1. The molecule has 20 heavy (non-hydrogen) atoms. The van der Waals surface area contributed by atoms with Crippen molar-refractivity contribution in [2.75, 3.05) is 30.0 Å². The molecule has 104 valence electrons. The number of benzene rings is 2. The summed E-state index contributed by atoms with van der Waals surface area (Å²) in [6.45, 7) is 0. The molecule has 0 saturated heterocycles. The molecular formula is C15H16BrN3O. The lowest BCUT2D eigenvalue weighted by Crippen LogP contribution is -2.13. The number of hydrogen-bond acceptors (Lipinski definition) is 3. The van der Waals surface area contributed by atoms with Crippen molar-refractivity contribution >= 4 is 38.9 Å². The van der Waals surface area contributed by atoms with Gasteiger partial charge in [-0.2, -0.15) is 0 Å². The Balaban J connectivity index is 2.19. The SMILES string of the molecule is CN(C)c1cccc(NC(=O)c2ccc(Br)c(N)c2)c1. The van der Waals surface area contributed by atoms with Crippen molar-refractivity contribution < 1.29 is 4.79 Å². The number of nitrogens with zero attached hydrogens (tertiary/aromatic N) is 1. The molecule has 3 N–H and O–H groups in total.